The Balaban J connectivity index is 1.21. The second-order valence-electron chi connectivity index (χ2n) is 13.2. The summed E-state index contributed by atoms with van der Waals surface area (Å²) in [5.74, 6) is 1.83. The smallest absolute Gasteiger partial charge is 0.164 e. The third-order valence-corrected chi connectivity index (χ3v) is 10.2. The van der Waals surface area contributed by atoms with Gasteiger partial charge < -0.3 is 8.98 Å². The maximum absolute atomic E-state index is 6.84. The van der Waals surface area contributed by atoms with Crippen LogP contribution < -0.4 is 0 Å². The van der Waals surface area contributed by atoms with Crippen molar-refractivity contribution in [2.24, 2.45) is 0 Å². The third kappa shape index (κ3) is 4.33. The van der Waals surface area contributed by atoms with Gasteiger partial charge in [0.05, 0.1) is 16.7 Å². The highest BCUT2D eigenvalue weighted by atomic mass is 16.3. The van der Waals surface area contributed by atoms with Gasteiger partial charge in [0.1, 0.15) is 5.58 Å². The fraction of sp³-hybridized carbons (Fsp3) is 0. The zero-order valence-electron chi connectivity index (χ0n) is 27.9. The number of rotatable bonds is 4. The molecular weight excluding hydrogens is 637 g/mol. The minimum atomic E-state index is 0.591. The van der Waals surface area contributed by atoms with Gasteiger partial charge in [-0.25, -0.2) is 15.0 Å². The van der Waals surface area contributed by atoms with Gasteiger partial charge >= 0.3 is 0 Å². The van der Waals surface area contributed by atoms with Crippen molar-refractivity contribution in [1.29, 1.82) is 0 Å². The molecule has 0 spiro atoms. The standard InChI is InChI=1S/C47H28N4O/c1-2-14-31(15-3-1)45-48-46(33-23-22-29-12-4-5-16-32(29)28-33)50-47(49-45)37-25-27-40(44-43(37)36-19-9-11-21-41(36)52-44)51-38-20-10-8-18-35(38)42-34-17-7-6-13-30(34)24-26-39(42)51/h1-28H. The molecule has 0 aliphatic carbocycles. The molecule has 0 amide bonds. The van der Waals surface area contributed by atoms with Crippen molar-refractivity contribution in [3.63, 3.8) is 0 Å². The Morgan fingerprint density at radius 3 is 1.92 bits per heavy atom. The first-order valence-electron chi connectivity index (χ1n) is 17.5. The molecule has 0 saturated heterocycles. The van der Waals surface area contributed by atoms with Crippen LogP contribution in [0.4, 0.5) is 0 Å². The van der Waals surface area contributed by atoms with Crippen molar-refractivity contribution in [2.75, 3.05) is 0 Å². The van der Waals surface area contributed by atoms with Crippen LogP contribution in [-0.2, 0) is 0 Å². The van der Waals surface area contributed by atoms with Gasteiger partial charge in [0.25, 0.3) is 0 Å². The fourth-order valence-electron chi connectivity index (χ4n) is 7.85. The number of hydrogen-bond donors (Lipinski definition) is 0. The van der Waals surface area contributed by atoms with Crippen LogP contribution in [0.25, 0.3) is 105 Å². The van der Waals surface area contributed by atoms with Crippen LogP contribution in [0, 0.1) is 0 Å². The summed E-state index contributed by atoms with van der Waals surface area (Å²) in [6, 6.07) is 59.1. The summed E-state index contributed by atoms with van der Waals surface area (Å²) in [5.41, 5.74) is 7.54. The lowest BCUT2D eigenvalue weighted by Crippen LogP contribution is -2.01. The molecule has 0 fully saturated rings. The van der Waals surface area contributed by atoms with E-state index in [1.165, 1.54) is 26.9 Å². The predicted molar refractivity (Wildman–Crippen MR) is 213 cm³/mol. The van der Waals surface area contributed by atoms with Gasteiger partial charge in [-0.3, -0.25) is 0 Å². The number of benzene rings is 8. The van der Waals surface area contributed by atoms with Crippen molar-refractivity contribution in [1.82, 2.24) is 19.5 Å². The number of para-hydroxylation sites is 2. The molecule has 0 saturated carbocycles. The largest absolute Gasteiger partial charge is 0.454 e. The highest BCUT2D eigenvalue weighted by molar-refractivity contribution is 6.22. The van der Waals surface area contributed by atoms with E-state index in [9.17, 15) is 0 Å². The van der Waals surface area contributed by atoms with Crippen molar-refractivity contribution >= 4 is 65.3 Å². The molecule has 5 nitrogen and oxygen atoms in total. The zero-order chi connectivity index (χ0) is 34.2. The number of hydrogen-bond acceptors (Lipinski definition) is 4. The Hall–Kier alpha value is -7.11. The first-order chi connectivity index (χ1) is 25.8. The first-order valence-corrected chi connectivity index (χ1v) is 17.5. The van der Waals surface area contributed by atoms with Crippen LogP contribution in [0.15, 0.2) is 174 Å². The molecule has 0 aliphatic rings. The molecule has 5 heteroatoms. The fourth-order valence-corrected chi connectivity index (χ4v) is 7.85. The molecule has 0 atom stereocenters. The van der Waals surface area contributed by atoms with E-state index in [1.807, 2.05) is 42.5 Å². The third-order valence-electron chi connectivity index (χ3n) is 10.2. The Bertz CT molecular complexity index is 3190. The minimum Gasteiger partial charge on any atom is -0.454 e. The monoisotopic (exact) mass is 664 g/mol. The maximum atomic E-state index is 6.84. The van der Waals surface area contributed by atoms with E-state index in [0.717, 1.165) is 60.7 Å². The van der Waals surface area contributed by atoms with Crippen LogP contribution in [0.3, 0.4) is 0 Å². The molecule has 3 heterocycles. The van der Waals surface area contributed by atoms with Crippen LogP contribution in [0.1, 0.15) is 0 Å². The normalized spacial score (nSPS) is 11.8. The van der Waals surface area contributed by atoms with Gasteiger partial charge in [-0.2, -0.15) is 0 Å². The van der Waals surface area contributed by atoms with E-state index in [2.05, 4.69) is 132 Å². The van der Waals surface area contributed by atoms with Gasteiger partial charge in [-0.15, -0.1) is 0 Å². The molecule has 3 aromatic heterocycles. The Morgan fingerprint density at radius 1 is 0.404 bits per heavy atom. The topological polar surface area (TPSA) is 56.7 Å². The van der Waals surface area contributed by atoms with Crippen LogP contribution >= 0.6 is 0 Å². The second kappa shape index (κ2) is 11.2. The van der Waals surface area contributed by atoms with Crippen molar-refractivity contribution < 1.29 is 4.42 Å². The highest BCUT2D eigenvalue weighted by Crippen LogP contribution is 2.43. The number of fused-ring (bicyclic) bond motifs is 9. The average Bonchev–Trinajstić information content (AvgIpc) is 3.77. The molecular formula is C47H28N4O. The number of nitrogens with zero attached hydrogens (tertiary/aromatic N) is 4. The molecule has 0 aliphatic heterocycles. The van der Waals surface area contributed by atoms with Gasteiger partial charge in [0.15, 0.2) is 23.1 Å². The highest BCUT2D eigenvalue weighted by Gasteiger charge is 2.23. The molecule has 8 aromatic carbocycles. The van der Waals surface area contributed by atoms with Crippen molar-refractivity contribution in [3.8, 4) is 39.9 Å². The Morgan fingerprint density at radius 2 is 1.06 bits per heavy atom. The summed E-state index contributed by atoms with van der Waals surface area (Å²) in [7, 11) is 0. The lowest BCUT2D eigenvalue weighted by Gasteiger charge is -2.13. The van der Waals surface area contributed by atoms with Crippen LogP contribution in [0.5, 0.6) is 0 Å². The minimum absolute atomic E-state index is 0.591. The maximum Gasteiger partial charge on any atom is 0.164 e. The molecule has 52 heavy (non-hydrogen) atoms. The van der Waals surface area contributed by atoms with Gasteiger partial charge in [0, 0.05) is 38.2 Å². The SMILES string of the molecule is c1ccc(-c2nc(-c3ccc4ccccc4c3)nc(-c3ccc(-n4c5ccccc5c5c6ccccc6ccc54)c4oc5ccccc5c34)n2)cc1. The van der Waals surface area contributed by atoms with Gasteiger partial charge in [-0.1, -0.05) is 133 Å². The summed E-state index contributed by atoms with van der Waals surface area (Å²) < 4.78 is 9.18. The van der Waals surface area contributed by atoms with E-state index in [0.29, 0.717) is 17.5 Å². The lowest BCUT2D eigenvalue weighted by atomic mass is 10.0. The average molecular weight is 665 g/mol. The molecule has 0 N–H and O–H groups in total. The summed E-state index contributed by atoms with van der Waals surface area (Å²) in [4.78, 5) is 15.4. The summed E-state index contributed by atoms with van der Waals surface area (Å²) in [6.07, 6.45) is 0. The van der Waals surface area contributed by atoms with E-state index in [4.69, 9.17) is 19.4 Å². The van der Waals surface area contributed by atoms with Gasteiger partial charge in [0.2, 0.25) is 0 Å². The van der Waals surface area contributed by atoms with E-state index in [-0.39, 0.29) is 0 Å². The summed E-state index contributed by atoms with van der Waals surface area (Å²) >= 11 is 0. The predicted octanol–water partition coefficient (Wildman–Crippen LogP) is 12.2. The van der Waals surface area contributed by atoms with Crippen molar-refractivity contribution in [2.45, 2.75) is 0 Å². The molecule has 0 radical (unpaired) electrons. The van der Waals surface area contributed by atoms with Crippen molar-refractivity contribution in [3.05, 3.63) is 170 Å². The van der Waals surface area contributed by atoms with E-state index < -0.39 is 0 Å². The number of aromatic nitrogens is 4. The first kappa shape index (κ1) is 28.7. The molecule has 242 valence electrons. The Kier molecular flexibility index (Phi) is 6.18. The summed E-state index contributed by atoms with van der Waals surface area (Å²) in [6.45, 7) is 0. The number of furan rings is 1. The van der Waals surface area contributed by atoms with Gasteiger partial charge in [-0.05, 0) is 57.9 Å². The van der Waals surface area contributed by atoms with E-state index >= 15 is 0 Å². The second-order valence-corrected chi connectivity index (χ2v) is 13.2. The van der Waals surface area contributed by atoms with Crippen LogP contribution in [-0.4, -0.2) is 19.5 Å². The molecule has 0 unspecified atom stereocenters. The Labute approximate surface area is 298 Å². The summed E-state index contributed by atoms with van der Waals surface area (Å²) in [5, 5.41) is 9.16. The van der Waals surface area contributed by atoms with E-state index in [1.54, 1.807) is 0 Å². The molecule has 11 aromatic rings. The molecule has 11 rings (SSSR count). The quantitative estimate of drug-likeness (QED) is 0.188. The molecule has 0 bridgehead atoms. The lowest BCUT2D eigenvalue weighted by molar-refractivity contribution is 0.666. The van der Waals surface area contributed by atoms with Crippen LogP contribution in [0.2, 0.25) is 0 Å². The zero-order valence-corrected chi connectivity index (χ0v) is 27.9.